The predicted molar refractivity (Wildman–Crippen MR) is 86.2 cm³/mol. The van der Waals surface area contributed by atoms with E-state index in [0.29, 0.717) is 12.8 Å². The Morgan fingerprint density at radius 2 is 1.86 bits per heavy atom. The number of benzene rings is 1. The van der Waals surface area contributed by atoms with Gasteiger partial charge in [-0.3, -0.25) is 0 Å². The quantitative estimate of drug-likeness (QED) is 0.656. The van der Waals surface area contributed by atoms with Gasteiger partial charge in [0.2, 0.25) is 10.0 Å². The molecule has 1 aromatic rings. The maximum absolute atomic E-state index is 12.4. The second-order valence-electron chi connectivity index (χ2n) is 5.00. The molecule has 0 aromatic heterocycles. The third kappa shape index (κ3) is 4.23. The van der Waals surface area contributed by atoms with E-state index in [4.69, 9.17) is 28.9 Å². The lowest BCUT2D eigenvalue weighted by Crippen LogP contribution is -2.39. The minimum atomic E-state index is -3.88. The number of hydrogen-bond acceptors (Lipinski definition) is 4. The normalized spacial score (nSPS) is 12.6. The van der Waals surface area contributed by atoms with Crippen LogP contribution in [0.1, 0.15) is 26.7 Å². The van der Waals surface area contributed by atoms with E-state index in [1.54, 1.807) is 0 Å². The van der Waals surface area contributed by atoms with Crippen LogP contribution in [-0.4, -0.2) is 26.7 Å². The standard InChI is InChI=1S/C13H20Cl2N2O3S/c1-3-13(4-2,8-18)7-17-21(19,20)12-10(15)5-9(14)6-11(12)16/h5-6,17-18H,3-4,7-8,16H2,1-2H3. The summed E-state index contributed by atoms with van der Waals surface area (Å²) in [5, 5.41) is 9.72. The van der Waals surface area contributed by atoms with Crippen LogP contribution in [0.25, 0.3) is 0 Å². The van der Waals surface area contributed by atoms with E-state index in [9.17, 15) is 13.5 Å². The van der Waals surface area contributed by atoms with Gasteiger partial charge in [0.05, 0.1) is 10.7 Å². The Kier molecular flexibility index (Phi) is 6.31. The van der Waals surface area contributed by atoms with Gasteiger partial charge in [-0.05, 0) is 25.0 Å². The van der Waals surface area contributed by atoms with E-state index in [1.165, 1.54) is 12.1 Å². The van der Waals surface area contributed by atoms with Crippen LogP contribution >= 0.6 is 23.2 Å². The number of nitrogens with two attached hydrogens (primary N) is 1. The number of sulfonamides is 1. The van der Waals surface area contributed by atoms with Gasteiger partial charge in [0.15, 0.2) is 0 Å². The van der Waals surface area contributed by atoms with Crippen LogP contribution < -0.4 is 10.5 Å². The Balaban J connectivity index is 3.09. The summed E-state index contributed by atoms with van der Waals surface area (Å²) in [6, 6.07) is 2.66. The van der Waals surface area contributed by atoms with Gasteiger partial charge in [-0.25, -0.2) is 13.1 Å². The summed E-state index contributed by atoms with van der Waals surface area (Å²) >= 11 is 11.7. The lowest BCUT2D eigenvalue weighted by molar-refractivity contribution is 0.119. The number of hydrogen-bond donors (Lipinski definition) is 3. The van der Waals surface area contributed by atoms with Crippen molar-refractivity contribution in [3.63, 3.8) is 0 Å². The number of aliphatic hydroxyl groups excluding tert-OH is 1. The Labute approximate surface area is 135 Å². The van der Waals surface area contributed by atoms with E-state index in [1.807, 2.05) is 13.8 Å². The highest BCUT2D eigenvalue weighted by Crippen LogP contribution is 2.32. The van der Waals surface area contributed by atoms with Crippen LogP contribution in [0.2, 0.25) is 10.0 Å². The van der Waals surface area contributed by atoms with Crippen molar-refractivity contribution in [2.24, 2.45) is 5.41 Å². The van der Waals surface area contributed by atoms with Crippen molar-refractivity contribution >= 4 is 38.9 Å². The number of rotatable bonds is 7. The van der Waals surface area contributed by atoms with Gasteiger partial charge in [0, 0.05) is 23.6 Å². The molecule has 0 unspecified atom stereocenters. The third-order valence-electron chi connectivity index (χ3n) is 3.78. The molecule has 21 heavy (non-hydrogen) atoms. The summed E-state index contributed by atoms with van der Waals surface area (Å²) in [7, 11) is -3.88. The second-order valence-corrected chi connectivity index (χ2v) is 7.54. The van der Waals surface area contributed by atoms with Crippen LogP contribution in [0.15, 0.2) is 17.0 Å². The van der Waals surface area contributed by atoms with Gasteiger partial charge in [-0.15, -0.1) is 0 Å². The zero-order valence-electron chi connectivity index (χ0n) is 12.0. The van der Waals surface area contributed by atoms with Gasteiger partial charge in [0.1, 0.15) is 4.90 Å². The molecule has 0 aliphatic rings. The lowest BCUT2D eigenvalue weighted by atomic mass is 9.84. The second kappa shape index (κ2) is 7.15. The molecule has 0 saturated heterocycles. The molecule has 1 aromatic carbocycles. The van der Waals surface area contributed by atoms with Gasteiger partial charge in [0.25, 0.3) is 0 Å². The van der Waals surface area contributed by atoms with Crippen molar-refractivity contribution in [1.29, 1.82) is 0 Å². The Morgan fingerprint density at radius 1 is 1.29 bits per heavy atom. The average Bonchev–Trinajstić information content (AvgIpc) is 2.39. The molecule has 5 nitrogen and oxygen atoms in total. The minimum absolute atomic E-state index is 0.0115. The smallest absolute Gasteiger partial charge is 0.244 e. The Bertz CT molecular complexity index is 570. The van der Waals surface area contributed by atoms with Crippen LogP contribution in [0.4, 0.5) is 5.69 Å². The SMILES string of the molecule is CCC(CC)(CO)CNS(=O)(=O)c1c(N)cc(Cl)cc1Cl. The van der Waals surface area contributed by atoms with Crippen LogP contribution in [0.5, 0.6) is 0 Å². The first-order valence-corrected chi connectivity index (χ1v) is 8.80. The first-order chi connectivity index (χ1) is 9.71. The highest BCUT2D eigenvalue weighted by Gasteiger charge is 2.29. The topological polar surface area (TPSA) is 92.4 Å². The van der Waals surface area contributed by atoms with Crippen molar-refractivity contribution in [2.45, 2.75) is 31.6 Å². The molecule has 0 radical (unpaired) electrons. The fourth-order valence-corrected chi connectivity index (χ4v) is 4.10. The average molecular weight is 355 g/mol. The molecule has 0 saturated carbocycles. The summed E-state index contributed by atoms with van der Waals surface area (Å²) in [6.45, 7) is 3.80. The predicted octanol–water partition coefficient (Wildman–Crippen LogP) is 2.65. The van der Waals surface area contributed by atoms with Crippen LogP contribution in [0, 0.1) is 5.41 Å². The molecule has 1 rings (SSSR count). The van der Waals surface area contributed by atoms with Crippen molar-refractivity contribution < 1.29 is 13.5 Å². The largest absolute Gasteiger partial charge is 0.398 e. The maximum Gasteiger partial charge on any atom is 0.244 e. The van der Waals surface area contributed by atoms with E-state index < -0.39 is 15.4 Å². The summed E-state index contributed by atoms with van der Waals surface area (Å²) < 4.78 is 27.2. The van der Waals surface area contributed by atoms with E-state index in [-0.39, 0.29) is 33.8 Å². The molecular weight excluding hydrogens is 335 g/mol. The van der Waals surface area contributed by atoms with Gasteiger partial charge >= 0.3 is 0 Å². The molecule has 0 aliphatic carbocycles. The van der Waals surface area contributed by atoms with Gasteiger partial charge in [-0.1, -0.05) is 37.0 Å². The number of halogens is 2. The van der Waals surface area contributed by atoms with E-state index >= 15 is 0 Å². The molecule has 0 heterocycles. The number of anilines is 1. The van der Waals surface area contributed by atoms with Crippen molar-refractivity contribution in [3.8, 4) is 0 Å². The van der Waals surface area contributed by atoms with Gasteiger partial charge in [-0.2, -0.15) is 0 Å². The highest BCUT2D eigenvalue weighted by atomic mass is 35.5. The molecule has 0 aliphatic heterocycles. The zero-order valence-corrected chi connectivity index (χ0v) is 14.3. The van der Waals surface area contributed by atoms with Crippen LogP contribution in [0.3, 0.4) is 0 Å². The third-order valence-corrected chi connectivity index (χ3v) is 5.92. The zero-order chi connectivity index (χ0) is 16.3. The number of aliphatic hydroxyl groups is 1. The Hall–Kier alpha value is -0.530. The first-order valence-electron chi connectivity index (χ1n) is 6.56. The summed E-state index contributed by atoms with van der Waals surface area (Å²) in [4.78, 5) is -0.187. The fourth-order valence-electron chi connectivity index (χ4n) is 1.96. The number of nitrogen functional groups attached to an aromatic ring is 1. The van der Waals surface area contributed by atoms with Gasteiger partial charge < -0.3 is 10.8 Å². The lowest BCUT2D eigenvalue weighted by Gasteiger charge is -2.29. The molecule has 0 amide bonds. The summed E-state index contributed by atoms with van der Waals surface area (Å²) in [5.74, 6) is 0. The monoisotopic (exact) mass is 354 g/mol. The molecule has 4 N–H and O–H groups in total. The fraction of sp³-hybridized carbons (Fsp3) is 0.538. The number of nitrogens with one attached hydrogen (secondary N) is 1. The van der Waals surface area contributed by atoms with Crippen molar-refractivity contribution in [1.82, 2.24) is 4.72 Å². The molecule has 0 spiro atoms. The van der Waals surface area contributed by atoms with Crippen LogP contribution in [-0.2, 0) is 10.0 Å². The summed E-state index contributed by atoms with van der Waals surface area (Å²) in [5.41, 5.74) is 5.20. The van der Waals surface area contributed by atoms with Crippen molar-refractivity contribution in [3.05, 3.63) is 22.2 Å². The Morgan fingerprint density at radius 3 is 2.29 bits per heavy atom. The highest BCUT2D eigenvalue weighted by molar-refractivity contribution is 7.89. The van der Waals surface area contributed by atoms with E-state index in [2.05, 4.69) is 4.72 Å². The summed E-state index contributed by atoms with van der Waals surface area (Å²) in [6.07, 6.45) is 1.29. The molecule has 0 atom stereocenters. The molecule has 120 valence electrons. The van der Waals surface area contributed by atoms with E-state index in [0.717, 1.165) is 0 Å². The minimum Gasteiger partial charge on any atom is -0.398 e. The molecule has 0 fully saturated rings. The molecular formula is C13H20Cl2N2O3S. The molecule has 0 bridgehead atoms. The maximum atomic E-state index is 12.4. The first kappa shape index (κ1) is 18.5. The molecule has 8 heteroatoms. The van der Waals surface area contributed by atoms with Crippen molar-refractivity contribution in [2.75, 3.05) is 18.9 Å².